The van der Waals surface area contributed by atoms with Crippen LogP contribution in [0.1, 0.15) is 31.4 Å². The Balaban J connectivity index is 2.29. The molecule has 0 bridgehead atoms. The van der Waals surface area contributed by atoms with Crippen molar-refractivity contribution in [3.63, 3.8) is 0 Å². The first-order valence-electron chi connectivity index (χ1n) is 5.58. The summed E-state index contributed by atoms with van der Waals surface area (Å²) < 4.78 is 0. The maximum absolute atomic E-state index is 11.7. The molecule has 1 aromatic carbocycles. The van der Waals surface area contributed by atoms with Crippen molar-refractivity contribution in [1.82, 2.24) is 0 Å². The van der Waals surface area contributed by atoms with Gasteiger partial charge in [0.25, 0.3) is 0 Å². The molecule has 17 heavy (non-hydrogen) atoms. The molecule has 0 aromatic heterocycles. The molecule has 2 rings (SSSR count). The van der Waals surface area contributed by atoms with E-state index in [1.165, 1.54) is 0 Å². The Bertz CT molecular complexity index is 491. The molecule has 90 valence electrons. The summed E-state index contributed by atoms with van der Waals surface area (Å²) in [5.41, 5.74) is 2.20. The van der Waals surface area contributed by atoms with Gasteiger partial charge in [-0.2, -0.15) is 0 Å². The van der Waals surface area contributed by atoms with Crippen molar-refractivity contribution < 1.29 is 14.7 Å². The first-order chi connectivity index (χ1) is 7.91. The van der Waals surface area contributed by atoms with Crippen LogP contribution in [0, 0.1) is 0 Å². The number of anilines is 1. The van der Waals surface area contributed by atoms with Crippen LogP contribution in [0.4, 0.5) is 5.69 Å². The van der Waals surface area contributed by atoms with Gasteiger partial charge in [0.05, 0.1) is 5.41 Å². The lowest BCUT2D eigenvalue weighted by Crippen LogP contribution is -2.26. The highest BCUT2D eigenvalue weighted by Crippen LogP contribution is 2.37. The Morgan fingerprint density at radius 2 is 2.12 bits per heavy atom. The summed E-state index contributed by atoms with van der Waals surface area (Å²) >= 11 is 0. The Hall–Kier alpha value is -1.84. The van der Waals surface area contributed by atoms with E-state index in [0.717, 1.165) is 16.8 Å². The van der Waals surface area contributed by atoms with E-state index in [9.17, 15) is 9.59 Å². The van der Waals surface area contributed by atoms with Gasteiger partial charge < -0.3 is 10.4 Å². The van der Waals surface area contributed by atoms with E-state index in [-0.39, 0.29) is 12.3 Å². The molecule has 0 fully saturated rings. The van der Waals surface area contributed by atoms with Crippen molar-refractivity contribution in [1.29, 1.82) is 0 Å². The molecule has 4 heteroatoms. The van der Waals surface area contributed by atoms with E-state index in [0.29, 0.717) is 6.42 Å². The molecular weight excluding hydrogens is 218 g/mol. The molecular formula is C13H15NO3. The molecule has 2 N–H and O–H groups in total. The standard InChI is InChI=1S/C13H15NO3/c1-13(2)9-7-8(4-6-11(15)16)3-5-10(9)14-12(13)17/h3,5,7H,4,6H2,1-2H3,(H,14,17)(H,15,16). The molecule has 0 atom stereocenters. The number of carboxylic acids is 1. The molecule has 0 aliphatic carbocycles. The van der Waals surface area contributed by atoms with Crippen LogP contribution in [0.3, 0.4) is 0 Å². The van der Waals surface area contributed by atoms with Gasteiger partial charge in [0.1, 0.15) is 0 Å². The van der Waals surface area contributed by atoms with Crippen molar-refractivity contribution in [2.45, 2.75) is 32.1 Å². The largest absolute Gasteiger partial charge is 0.481 e. The maximum Gasteiger partial charge on any atom is 0.303 e. The highest BCUT2D eigenvalue weighted by atomic mass is 16.4. The molecule has 0 saturated heterocycles. The fourth-order valence-corrected chi connectivity index (χ4v) is 2.03. The number of carbonyl (C=O) groups is 2. The van der Waals surface area contributed by atoms with Crippen molar-refractivity contribution in [2.75, 3.05) is 5.32 Å². The average molecular weight is 233 g/mol. The van der Waals surface area contributed by atoms with E-state index < -0.39 is 11.4 Å². The molecule has 0 saturated carbocycles. The lowest BCUT2D eigenvalue weighted by Gasteiger charge is -2.15. The van der Waals surface area contributed by atoms with Gasteiger partial charge in [0, 0.05) is 12.1 Å². The number of carboxylic acid groups (broad SMARTS) is 1. The second-order valence-electron chi connectivity index (χ2n) is 4.85. The Morgan fingerprint density at radius 3 is 2.76 bits per heavy atom. The van der Waals surface area contributed by atoms with Gasteiger partial charge in [-0.25, -0.2) is 0 Å². The fraction of sp³-hybridized carbons (Fsp3) is 0.385. The van der Waals surface area contributed by atoms with Crippen molar-refractivity contribution in [3.8, 4) is 0 Å². The Kier molecular flexibility index (Phi) is 2.65. The first-order valence-corrected chi connectivity index (χ1v) is 5.58. The molecule has 0 radical (unpaired) electrons. The molecule has 0 unspecified atom stereocenters. The van der Waals surface area contributed by atoms with Crippen LogP contribution < -0.4 is 5.32 Å². The summed E-state index contributed by atoms with van der Waals surface area (Å²) in [6, 6.07) is 5.64. The number of carbonyl (C=O) groups excluding carboxylic acids is 1. The van der Waals surface area contributed by atoms with Gasteiger partial charge in [0.15, 0.2) is 0 Å². The van der Waals surface area contributed by atoms with Crippen molar-refractivity contribution in [3.05, 3.63) is 29.3 Å². The Labute approximate surface area is 99.6 Å². The van der Waals surface area contributed by atoms with Crippen LogP contribution in [0.5, 0.6) is 0 Å². The number of aryl methyl sites for hydroxylation is 1. The number of aliphatic carboxylic acids is 1. The summed E-state index contributed by atoms with van der Waals surface area (Å²) in [4.78, 5) is 22.2. The van der Waals surface area contributed by atoms with Crippen molar-refractivity contribution in [2.24, 2.45) is 0 Å². The third-order valence-corrected chi connectivity index (χ3v) is 3.20. The minimum Gasteiger partial charge on any atom is -0.481 e. The average Bonchev–Trinajstić information content (AvgIpc) is 2.48. The van der Waals surface area contributed by atoms with Gasteiger partial charge in [-0.3, -0.25) is 9.59 Å². The smallest absolute Gasteiger partial charge is 0.303 e. The van der Waals surface area contributed by atoms with Gasteiger partial charge >= 0.3 is 5.97 Å². The van der Waals surface area contributed by atoms with Gasteiger partial charge in [0.2, 0.25) is 5.91 Å². The lowest BCUT2D eigenvalue weighted by molar-refractivity contribution is -0.137. The number of fused-ring (bicyclic) bond motifs is 1. The summed E-state index contributed by atoms with van der Waals surface area (Å²) in [6.45, 7) is 3.74. The second-order valence-corrected chi connectivity index (χ2v) is 4.85. The van der Waals surface area contributed by atoms with Crippen LogP contribution in [0.2, 0.25) is 0 Å². The SMILES string of the molecule is CC1(C)C(=O)Nc2ccc(CCC(=O)O)cc21. The summed E-state index contributed by atoms with van der Waals surface area (Å²) in [6.07, 6.45) is 0.605. The van der Waals surface area contributed by atoms with Crippen LogP contribution in [-0.2, 0) is 21.4 Å². The number of hydrogen-bond donors (Lipinski definition) is 2. The molecule has 1 aliphatic heterocycles. The van der Waals surface area contributed by atoms with Gasteiger partial charge in [-0.15, -0.1) is 0 Å². The van der Waals surface area contributed by atoms with E-state index in [2.05, 4.69) is 5.32 Å². The van der Waals surface area contributed by atoms with Crippen LogP contribution in [-0.4, -0.2) is 17.0 Å². The number of benzene rings is 1. The highest BCUT2D eigenvalue weighted by molar-refractivity contribution is 6.05. The van der Waals surface area contributed by atoms with Crippen LogP contribution in [0.15, 0.2) is 18.2 Å². The number of rotatable bonds is 3. The second kappa shape index (κ2) is 3.87. The molecule has 1 aliphatic rings. The Morgan fingerprint density at radius 1 is 1.41 bits per heavy atom. The third-order valence-electron chi connectivity index (χ3n) is 3.20. The first kappa shape index (κ1) is 11.6. The fourth-order valence-electron chi connectivity index (χ4n) is 2.03. The third kappa shape index (κ3) is 2.02. The number of hydrogen-bond acceptors (Lipinski definition) is 2. The molecule has 0 spiro atoms. The summed E-state index contributed by atoms with van der Waals surface area (Å²) in [7, 11) is 0. The molecule has 1 amide bonds. The van der Waals surface area contributed by atoms with Crippen LogP contribution in [0.25, 0.3) is 0 Å². The summed E-state index contributed by atoms with van der Waals surface area (Å²) in [5.74, 6) is -0.818. The normalized spacial score (nSPS) is 16.5. The monoisotopic (exact) mass is 233 g/mol. The van der Waals surface area contributed by atoms with E-state index >= 15 is 0 Å². The molecule has 1 aromatic rings. The number of amides is 1. The maximum atomic E-state index is 11.7. The topological polar surface area (TPSA) is 66.4 Å². The van der Waals surface area contributed by atoms with Crippen molar-refractivity contribution >= 4 is 17.6 Å². The summed E-state index contributed by atoms with van der Waals surface area (Å²) in [5, 5.41) is 11.5. The molecule has 1 heterocycles. The zero-order chi connectivity index (χ0) is 12.6. The quantitative estimate of drug-likeness (QED) is 0.838. The van der Waals surface area contributed by atoms with Gasteiger partial charge in [-0.05, 0) is 37.5 Å². The minimum atomic E-state index is -0.807. The highest BCUT2D eigenvalue weighted by Gasteiger charge is 2.38. The van der Waals surface area contributed by atoms with E-state index in [1.807, 2.05) is 32.0 Å². The lowest BCUT2D eigenvalue weighted by atomic mass is 9.85. The zero-order valence-corrected chi connectivity index (χ0v) is 9.91. The van der Waals surface area contributed by atoms with Gasteiger partial charge in [-0.1, -0.05) is 12.1 Å². The minimum absolute atomic E-state index is 0.0112. The predicted octanol–water partition coefficient (Wildman–Crippen LogP) is 1.93. The number of nitrogens with one attached hydrogen (secondary N) is 1. The molecule has 4 nitrogen and oxygen atoms in total. The van der Waals surface area contributed by atoms with E-state index in [4.69, 9.17) is 5.11 Å². The predicted molar refractivity (Wildman–Crippen MR) is 64.1 cm³/mol. The van der Waals surface area contributed by atoms with Crippen LogP contribution >= 0.6 is 0 Å². The zero-order valence-electron chi connectivity index (χ0n) is 9.91. The van der Waals surface area contributed by atoms with E-state index in [1.54, 1.807) is 0 Å².